The van der Waals surface area contributed by atoms with Crippen molar-refractivity contribution in [1.29, 1.82) is 0 Å². The van der Waals surface area contributed by atoms with Gasteiger partial charge in [-0.1, -0.05) is 11.6 Å². The lowest BCUT2D eigenvalue weighted by Crippen LogP contribution is -2.39. The van der Waals surface area contributed by atoms with E-state index in [9.17, 15) is 22.4 Å². The van der Waals surface area contributed by atoms with E-state index in [1.54, 1.807) is 20.9 Å². The summed E-state index contributed by atoms with van der Waals surface area (Å²) >= 11 is 6.60. The zero-order valence-electron chi connectivity index (χ0n) is 19.8. The van der Waals surface area contributed by atoms with E-state index >= 15 is 0 Å². The third kappa shape index (κ3) is 5.73. The Labute approximate surface area is 221 Å². The van der Waals surface area contributed by atoms with E-state index in [-0.39, 0.29) is 49.8 Å². The number of fused-ring (bicyclic) bond motifs is 1. The fourth-order valence-corrected chi connectivity index (χ4v) is 5.85. The van der Waals surface area contributed by atoms with Crippen LogP contribution in [0.25, 0.3) is 0 Å². The first-order valence-electron chi connectivity index (χ1n) is 10.8. The van der Waals surface area contributed by atoms with Crippen molar-refractivity contribution in [3.8, 4) is 11.5 Å². The largest absolute Gasteiger partial charge is 0.489 e. The lowest BCUT2D eigenvalue weighted by atomic mass is 10.1. The summed E-state index contributed by atoms with van der Waals surface area (Å²) in [4.78, 5) is 26.9. The van der Waals surface area contributed by atoms with Crippen molar-refractivity contribution in [2.24, 2.45) is 0 Å². The predicted molar refractivity (Wildman–Crippen MR) is 139 cm³/mol. The molecule has 3 amide bonds. The first kappa shape index (κ1) is 26.5. The fraction of sp³-hybridized carbons (Fsp3) is 0.217. The Morgan fingerprint density at radius 3 is 2.59 bits per heavy atom. The minimum Gasteiger partial charge on any atom is -0.489 e. The number of halogens is 2. The maximum Gasteiger partial charge on any atom is 0.333 e. The van der Waals surface area contributed by atoms with Gasteiger partial charge in [-0.05, 0) is 44.2 Å². The molecule has 0 aliphatic carbocycles. The van der Waals surface area contributed by atoms with Crippen molar-refractivity contribution >= 4 is 62.0 Å². The number of hydrogen-bond donors (Lipinski definition) is 3. The van der Waals surface area contributed by atoms with Crippen molar-refractivity contribution in [3.63, 3.8) is 0 Å². The van der Waals surface area contributed by atoms with Crippen LogP contribution in [0, 0.1) is 5.82 Å². The quantitative estimate of drug-likeness (QED) is 0.371. The lowest BCUT2D eigenvalue weighted by Gasteiger charge is -2.30. The standard InChI is InChI=1S/C23H22ClFN4O6S2/c1-12(2)35-19-8-13(29-11-34-18-10-17(26-3)15(25)9-14(18)22(29)30)4-5-16(19)27-23(31)28-37(32,33)21-7-6-20(24)36-21/h4-10,12,26H,11H2,1-3H3,(H2,27,28,31). The van der Waals surface area contributed by atoms with Gasteiger partial charge < -0.3 is 20.1 Å². The molecule has 37 heavy (non-hydrogen) atoms. The van der Waals surface area contributed by atoms with Crippen molar-refractivity contribution in [3.05, 3.63) is 58.2 Å². The Bertz CT molecular complexity index is 1480. The molecule has 14 heteroatoms. The summed E-state index contributed by atoms with van der Waals surface area (Å²) in [6, 6.07) is 8.65. The number of urea groups is 1. The van der Waals surface area contributed by atoms with Crippen LogP contribution >= 0.6 is 22.9 Å². The van der Waals surface area contributed by atoms with Gasteiger partial charge in [0.05, 0.1) is 33.1 Å². The van der Waals surface area contributed by atoms with E-state index < -0.39 is 27.8 Å². The van der Waals surface area contributed by atoms with Gasteiger partial charge in [-0.3, -0.25) is 9.69 Å². The minimum atomic E-state index is -4.14. The van der Waals surface area contributed by atoms with Gasteiger partial charge in [-0.15, -0.1) is 11.3 Å². The van der Waals surface area contributed by atoms with Gasteiger partial charge in [0.1, 0.15) is 21.5 Å². The zero-order chi connectivity index (χ0) is 26.9. The monoisotopic (exact) mass is 568 g/mol. The molecule has 0 unspecified atom stereocenters. The smallest absolute Gasteiger partial charge is 0.333 e. The van der Waals surface area contributed by atoms with Crippen LogP contribution in [-0.4, -0.2) is 40.2 Å². The van der Waals surface area contributed by atoms with Crippen molar-refractivity contribution < 1.29 is 31.9 Å². The van der Waals surface area contributed by atoms with Crippen molar-refractivity contribution in [1.82, 2.24) is 4.72 Å². The summed E-state index contributed by atoms with van der Waals surface area (Å²) in [5.41, 5.74) is 0.765. The fourth-order valence-electron chi connectivity index (χ4n) is 3.46. The number of rotatable bonds is 7. The number of carbonyl (C=O) groups excluding carboxylic acids is 2. The minimum absolute atomic E-state index is 0.0505. The summed E-state index contributed by atoms with van der Waals surface area (Å²) in [5, 5.41) is 5.15. The number of nitrogens with zero attached hydrogens (tertiary/aromatic N) is 1. The SMILES string of the molecule is CNc1cc2c(cc1F)C(=O)N(c1ccc(NC(=O)NS(=O)(=O)c3ccc(Cl)s3)c(OC(C)C)c1)CO2. The van der Waals surface area contributed by atoms with Crippen LogP contribution in [0.15, 0.2) is 46.7 Å². The van der Waals surface area contributed by atoms with Crippen LogP contribution in [0.5, 0.6) is 11.5 Å². The summed E-state index contributed by atoms with van der Waals surface area (Å²) in [6.45, 7) is 3.38. The number of hydrogen-bond acceptors (Lipinski definition) is 8. The van der Waals surface area contributed by atoms with Crippen LogP contribution in [0.4, 0.5) is 26.2 Å². The highest BCUT2D eigenvalue weighted by Crippen LogP contribution is 2.36. The van der Waals surface area contributed by atoms with E-state index in [2.05, 4.69) is 10.6 Å². The molecule has 10 nitrogen and oxygen atoms in total. The van der Waals surface area contributed by atoms with Crippen LogP contribution in [0.2, 0.25) is 4.34 Å². The number of anilines is 3. The Kier molecular flexibility index (Phi) is 7.48. The van der Waals surface area contributed by atoms with Gasteiger partial charge >= 0.3 is 6.03 Å². The third-order valence-electron chi connectivity index (χ3n) is 5.09. The average Bonchev–Trinajstić information content (AvgIpc) is 3.27. The Balaban J connectivity index is 1.58. The van der Waals surface area contributed by atoms with Crippen LogP contribution in [0.3, 0.4) is 0 Å². The molecule has 0 saturated carbocycles. The van der Waals surface area contributed by atoms with Crippen LogP contribution < -0.4 is 29.7 Å². The Hall–Kier alpha value is -3.55. The molecule has 3 N–H and O–H groups in total. The van der Waals surface area contributed by atoms with E-state index in [1.807, 2.05) is 4.72 Å². The molecule has 2 heterocycles. The molecule has 1 aliphatic heterocycles. The Morgan fingerprint density at radius 1 is 1.19 bits per heavy atom. The number of sulfonamides is 1. The van der Waals surface area contributed by atoms with Gasteiger partial charge in [0.15, 0.2) is 6.73 Å². The molecular formula is C23H22ClFN4O6S2. The van der Waals surface area contributed by atoms with Gasteiger partial charge in [0.2, 0.25) is 0 Å². The molecular weight excluding hydrogens is 547 g/mol. The molecule has 0 bridgehead atoms. The van der Waals surface area contributed by atoms with E-state index in [4.69, 9.17) is 21.1 Å². The molecule has 1 aromatic heterocycles. The number of amides is 3. The first-order valence-corrected chi connectivity index (χ1v) is 13.5. The molecule has 3 aromatic rings. The molecule has 0 fully saturated rings. The third-order valence-corrected chi connectivity index (χ3v) is 8.15. The normalized spacial score (nSPS) is 13.1. The highest BCUT2D eigenvalue weighted by molar-refractivity contribution is 7.92. The number of ether oxygens (including phenoxy) is 2. The number of thiophene rings is 1. The molecule has 0 saturated heterocycles. The predicted octanol–water partition coefficient (Wildman–Crippen LogP) is 4.88. The van der Waals surface area contributed by atoms with Gasteiger partial charge in [0, 0.05) is 19.2 Å². The van der Waals surface area contributed by atoms with Gasteiger partial charge in [-0.2, -0.15) is 0 Å². The molecule has 4 rings (SSSR count). The van der Waals surface area contributed by atoms with E-state index in [1.165, 1.54) is 41.3 Å². The molecule has 0 atom stereocenters. The highest BCUT2D eigenvalue weighted by Gasteiger charge is 2.29. The number of nitrogens with one attached hydrogen (secondary N) is 3. The van der Waals surface area contributed by atoms with Crippen molar-refractivity contribution in [2.75, 3.05) is 29.3 Å². The second-order valence-electron chi connectivity index (χ2n) is 8.05. The average molecular weight is 569 g/mol. The molecule has 196 valence electrons. The maximum atomic E-state index is 14.3. The highest BCUT2D eigenvalue weighted by atomic mass is 35.5. The molecule has 2 aromatic carbocycles. The first-order chi connectivity index (χ1) is 17.5. The summed E-state index contributed by atoms with van der Waals surface area (Å²) in [7, 11) is -2.58. The van der Waals surface area contributed by atoms with Crippen LogP contribution in [-0.2, 0) is 10.0 Å². The van der Waals surface area contributed by atoms with E-state index in [0.717, 1.165) is 17.4 Å². The molecule has 0 spiro atoms. The Morgan fingerprint density at radius 2 is 1.95 bits per heavy atom. The van der Waals surface area contributed by atoms with Crippen LogP contribution in [0.1, 0.15) is 24.2 Å². The summed E-state index contributed by atoms with van der Waals surface area (Å²) < 4.78 is 52.7. The topological polar surface area (TPSA) is 126 Å². The van der Waals surface area contributed by atoms with E-state index in [0.29, 0.717) is 5.69 Å². The van der Waals surface area contributed by atoms with Gasteiger partial charge in [-0.25, -0.2) is 22.3 Å². The van der Waals surface area contributed by atoms with Crippen molar-refractivity contribution in [2.45, 2.75) is 24.2 Å². The number of benzene rings is 2. The zero-order valence-corrected chi connectivity index (χ0v) is 22.2. The second-order valence-corrected chi connectivity index (χ2v) is 11.7. The lowest BCUT2D eigenvalue weighted by molar-refractivity contribution is 0.0936. The van der Waals surface area contributed by atoms with Gasteiger partial charge in [0.25, 0.3) is 15.9 Å². The second kappa shape index (κ2) is 10.4. The summed E-state index contributed by atoms with van der Waals surface area (Å²) in [6.07, 6.45) is -0.320. The molecule has 1 aliphatic rings. The molecule has 0 radical (unpaired) electrons. The number of carbonyl (C=O) groups is 2. The summed E-state index contributed by atoms with van der Waals surface area (Å²) in [5.74, 6) is -0.671. The maximum absolute atomic E-state index is 14.3.